The van der Waals surface area contributed by atoms with E-state index in [1.54, 1.807) is 36.4 Å². The molecule has 0 saturated carbocycles. The minimum Gasteiger partial charge on any atom is -0.487 e. The molecule has 10 heteroatoms. The normalized spacial score (nSPS) is 13.3. The average Bonchev–Trinajstić information content (AvgIpc) is 3.33. The molecule has 0 saturated heterocycles. The van der Waals surface area contributed by atoms with E-state index in [1.165, 1.54) is 10.8 Å². The van der Waals surface area contributed by atoms with E-state index in [0.717, 1.165) is 0 Å². The molecule has 33 heavy (non-hydrogen) atoms. The molecule has 2 aromatic carbocycles. The first-order chi connectivity index (χ1) is 15.5. The highest BCUT2D eigenvalue weighted by atomic mass is 19.4. The molecule has 0 N–H and O–H groups in total. The van der Waals surface area contributed by atoms with E-state index in [-0.39, 0.29) is 22.9 Å². The summed E-state index contributed by atoms with van der Waals surface area (Å²) >= 11 is 0. The molecule has 0 spiro atoms. The largest absolute Gasteiger partial charge is 0.487 e. The van der Waals surface area contributed by atoms with Crippen molar-refractivity contribution >= 4 is 16.8 Å². The quantitative estimate of drug-likeness (QED) is 0.295. The zero-order valence-electron chi connectivity index (χ0n) is 16.5. The molecule has 0 unspecified atom stereocenters. The summed E-state index contributed by atoms with van der Waals surface area (Å²) in [7, 11) is 0. The predicted octanol–water partition coefficient (Wildman–Crippen LogP) is 6.32. The summed E-state index contributed by atoms with van der Waals surface area (Å²) in [5.74, 6) is -0.395. The number of benzene rings is 2. The van der Waals surface area contributed by atoms with Gasteiger partial charge in [0.2, 0.25) is 0 Å². The molecule has 5 rings (SSSR count). The van der Waals surface area contributed by atoms with Crippen LogP contribution in [0.2, 0.25) is 0 Å². The van der Waals surface area contributed by atoms with E-state index in [2.05, 4.69) is 4.98 Å². The van der Waals surface area contributed by atoms with E-state index in [0.29, 0.717) is 34.4 Å². The van der Waals surface area contributed by atoms with E-state index in [9.17, 15) is 31.1 Å². The molecule has 0 amide bonds. The second kappa shape index (κ2) is 7.09. The van der Waals surface area contributed by atoms with Crippen LogP contribution < -0.4 is 4.74 Å². The minimum absolute atomic E-state index is 0.0512. The second-order valence-electron chi connectivity index (χ2n) is 7.45. The lowest BCUT2D eigenvalue weighted by molar-refractivity contribution is -0.143. The van der Waals surface area contributed by atoms with Crippen molar-refractivity contribution in [1.82, 2.24) is 9.55 Å². The smallest absolute Gasteiger partial charge is 0.416 e. The molecule has 0 bridgehead atoms. The summed E-state index contributed by atoms with van der Waals surface area (Å²) < 4.78 is 86.2. The standard InChI is InChI=1S/C23H12F6N2O2/c24-22(25,26)13-8-12(9-14(10-13)23(27,28)29)11-33-20-15-4-1-2-5-16(15)30-19-17-6-3-7-31(17)21(32)18(19)20/h1-10H,11H2. The SMILES string of the molecule is O=C1c2c(nc3ccccc3c2OCc2cc(C(F)(F)F)cc(C(F)(F)F)c2)-c2cccn21. The number of fused-ring (bicyclic) bond motifs is 4. The third-order valence-corrected chi connectivity index (χ3v) is 5.30. The topological polar surface area (TPSA) is 44.1 Å². The molecular formula is C23H12F6N2O2. The van der Waals surface area contributed by atoms with Crippen LogP contribution in [0.3, 0.4) is 0 Å². The van der Waals surface area contributed by atoms with Gasteiger partial charge < -0.3 is 4.74 Å². The monoisotopic (exact) mass is 462 g/mol. The number of nitrogens with zero attached hydrogens (tertiary/aromatic N) is 2. The number of ether oxygens (including phenoxy) is 1. The molecule has 168 valence electrons. The van der Waals surface area contributed by atoms with Crippen LogP contribution in [-0.2, 0) is 19.0 Å². The third-order valence-electron chi connectivity index (χ3n) is 5.30. The molecule has 4 nitrogen and oxygen atoms in total. The van der Waals surface area contributed by atoms with Gasteiger partial charge in [0.1, 0.15) is 23.6 Å². The van der Waals surface area contributed by atoms with Crippen LogP contribution in [0.25, 0.3) is 22.3 Å². The Morgan fingerprint density at radius 2 is 1.55 bits per heavy atom. The molecule has 1 aliphatic heterocycles. The molecule has 2 aromatic heterocycles. The van der Waals surface area contributed by atoms with Gasteiger partial charge in [-0.2, -0.15) is 26.3 Å². The molecule has 4 aromatic rings. The number of pyridine rings is 1. The van der Waals surface area contributed by atoms with Crippen molar-refractivity contribution in [1.29, 1.82) is 0 Å². The lowest BCUT2D eigenvalue weighted by atomic mass is 10.0. The molecular weight excluding hydrogens is 450 g/mol. The summed E-state index contributed by atoms with van der Waals surface area (Å²) in [6, 6.07) is 11.3. The maximum absolute atomic E-state index is 13.2. The molecule has 1 aliphatic rings. The van der Waals surface area contributed by atoms with Crippen LogP contribution in [-0.4, -0.2) is 15.5 Å². The van der Waals surface area contributed by atoms with Crippen LogP contribution >= 0.6 is 0 Å². The van der Waals surface area contributed by atoms with Crippen LogP contribution in [0.1, 0.15) is 27.0 Å². The second-order valence-corrected chi connectivity index (χ2v) is 7.45. The van der Waals surface area contributed by atoms with Crippen LogP contribution in [0.5, 0.6) is 5.75 Å². The highest BCUT2D eigenvalue weighted by molar-refractivity contribution is 6.13. The lowest BCUT2D eigenvalue weighted by Gasteiger charge is -2.16. The number of rotatable bonds is 3. The summed E-state index contributed by atoms with van der Waals surface area (Å²) in [5, 5.41) is 0.415. The first-order valence-electron chi connectivity index (χ1n) is 9.60. The summed E-state index contributed by atoms with van der Waals surface area (Å²) in [4.78, 5) is 17.5. The van der Waals surface area contributed by atoms with Gasteiger partial charge in [0.25, 0.3) is 5.91 Å². The van der Waals surface area contributed by atoms with Crippen molar-refractivity contribution < 1.29 is 35.9 Å². The van der Waals surface area contributed by atoms with Gasteiger partial charge in [0.15, 0.2) is 0 Å². The van der Waals surface area contributed by atoms with Crippen LogP contribution in [0.15, 0.2) is 60.8 Å². The fourth-order valence-electron chi connectivity index (χ4n) is 3.84. The lowest BCUT2D eigenvalue weighted by Crippen LogP contribution is -2.13. The number of carbonyl (C=O) groups excluding carboxylic acids is 1. The Morgan fingerprint density at radius 1 is 0.879 bits per heavy atom. The number of hydrogen-bond donors (Lipinski definition) is 0. The highest BCUT2D eigenvalue weighted by Crippen LogP contribution is 2.41. The Balaban J connectivity index is 1.61. The average molecular weight is 462 g/mol. The molecule has 0 fully saturated rings. The van der Waals surface area contributed by atoms with E-state index < -0.39 is 36.0 Å². The van der Waals surface area contributed by atoms with Gasteiger partial charge in [-0.15, -0.1) is 0 Å². The fourth-order valence-corrected chi connectivity index (χ4v) is 3.84. The Hall–Kier alpha value is -3.82. The van der Waals surface area contributed by atoms with Crippen molar-refractivity contribution in [3.63, 3.8) is 0 Å². The van der Waals surface area contributed by atoms with Crippen molar-refractivity contribution in [2.45, 2.75) is 19.0 Å². The molecule has 0 radical (unpaired) electrons. The summed E-state index contributed by atoms with van der Waals surface area (Å²) in [6.07, 6.45) is -8.41. The number of halogens is 6. The maximum Gasteiger partial charge on any atom is 0.416 e. The third kappa shape index (κ3) is 3.51. The predicted molar refractivity (Wildman–Crippen MR) is 106 cm³/mol. The first-order valence-corrected chi connectivity index (χ1v) is 9.60. The van der Waals surface area contributed by atoms with Gasteiger partial charge in [0.05, 0.1) is 22.3 Å². The summed E-state index contributed by atoms with van der Waals surface area (Å²) in [6.45, 7) is -0.615. The van der Waals surface area contributed by atoms with Crippen LogP contribution in [0.4, 0.5) is 26.3 Å². The van der Waals surface area contributed by atoms with Crippen LogP contribution in [0, 0.1) is 0 Å². The zero-order valence-corrected chi connectivity index (χ0v) is 16.5. The Labute approximate surface area is 182 Å². The minimum atomic E-state index is -4.97. The van der Waals surface area contributed by atoms with E-state index in [1.807, 2.05) is 0 Å². The zero-order chi connectivity index (χ0) is 23.5. The van der Waals surface area contributed by atoms with Gasteiger partial charge in [-0.05, 0) is 48.0 Å². The highest BCUT2D eigenvalue weighted by Gasteiger charge is 2.37. The Bertz CT molecular complexity index is 1390. The molecule has 0 atom stereocenters. The Kier molecular flexibility index (Phi) is 4.52. The molecule has 0 aliphatic carbocycles. The number of carbonyl (C=O) groups is 1. The van der Waals surface area contributed by atoms with E-state index >= 15 is 0 Å². The van der Waals surface area contributed by atoms with Crippen molar-refractivity contribution in [2.75, 3.05) is 0 Å². The van der Waals surface area contributed by atoms with Gasteiger partial charge >= 0.3 is 12.4 Å². The van der Waals surface area contributed by atoms with Gasteiger partial charge in [0, 0.05) is 11.6 Å². The maximum atomic E-state index is 13.2. The van der Waals surface area contributed by atoms with Gasteiger partial charge in [-0.3, -0.25) is 9.36 Å². The summed E-state index contributed by atoms with van der Waals surface area (Å²) in [5.41, 5.74) is -1.79. The number of aromatic nitrogens is 2. The first kappa shape index (κ1) is 21.0. The van der Waals surface area contributed by atoms with E-state index in [4.69, 9.17) is 4.74 Å². The Morgan fingerprint density at radius 3 is 2.21 bits per heavy atom. The van der Waals surface area contributed by atoms with Crippen molar-refractivity contribution in [3.05, 3.63) is 83.0 Å². The van der Waals surface area contributed by atoms with Crippen molar-refractivity contribution in [2.24, 2.45) is 0 Å². The van der Waals surface area contributed by atoms with Gasteiger partial charge in [-0.1, -0.05) is 12.1 Å². The number of hydrogen-bond acceptors (Lipinski definition) is 3. The van der Waals surface area contributed by atoms with Gasteiger partial charge in [-0.25, -0.2) is 4.98 Å². The fraction of sp³-hybridized carbons (Fsp3) is 0.130. The van der Waals surface area contributed by atoms with Crippen molar-refractivity contribution in [3.8, 4) is 17.1 Å². The number of alkyl halides is 6. The number of para-hydroxylation sites is 1. The molecule has 3 heterocycles.